The average molecular weight is 409 g/mol. The smallest absolute Gasteiger partial charge is 0.307 e. The zero-order chi connectivity index (χ0) is 21.9. The van der Waals surface area contributed by atoms with Gasteiger partial charge in [0.25, 0.3) is 5.91 Å². The molecule has 2 aromatic rings. The molecule has 0 saturated heterocycles. The molecular formula is C23H27N3O4. The number of methoxy groups -OCH3 is 1. The Labute approximate surface area is 176 Å². The fourth-order valence-corrected chi connectivity index (χ4v) is 2.74. The molecule has 158 valence electrons. The first-order valence-corrected chi connectivity index (χ1v) is 9.64. The number of esters is 1. The Hall–Kier alpha value is -3.45. The third kappa shape index (κ3) is 6.86. The molecule has 0 heterocycles. The van der Waals surface area contributed by atoms with Gasteiger partial charge in [0, 0.05) is 18.7 Å². The number of benzene rings is 2. The summed E-state index contributed by atoms with van der Waals surface area (Å²) in [5, 5.41) is 5.49. The molecule has 2 amide bonds. The van der Waals surface area contributed by atoms with E-state index in [2.05, 4.69) is 21.9 Å². The summed E-state index contributed by atoms with van der Waals surface area (Å²) >= 11 is 0. The van der Waals surface area contributed by atoms with Gasteiger partial charge in [0.05, 0.1) is 13.5 Å². The van der Waals surface area contributed by atoms with Crippen molar-refractivity contribution in [2.24, 2.45) is 5.73 Å². The number of amides is 2. The summed E-state index contributed by atoms with van der Waals surface area (Å²) in [6.45, 7) is 4.35. The van der Waals surface area contributed by atoms with Crippen LogP contribution in [0.1, 0.15) is 39.5 Å². The fourth-order valence-electron chi connectivity index (χ4n) is 2.74. The van der Waals surface area contributed by atoms with Crippen LogP contribution in [-0.4, -0.2) is 38.0 Å². The molecule has 2 aromatic carbocycles. The minimum Gasteiger partial charge on any atom is -0.469 e. The number of carbonyl (C=O) groups excluding carboxylic acids is 3. The van der Waals surface area contributed by atoms with E-state index in [0.717, 1.165) is 16.7 Å². The van der Waals surface area contributed by atoms with E-state index in [9.17, 15) is 14.4 Å². The lowest BCUT2D eigenvalue weighted by Gasteiger charge is -2.13. The van der Waals surface area contributed by atoms with Crippen molar-refractivity contribution in [1.29, 1.82) is 0 Å². The average Bonchev–Trinajstić information content (AvgIpc) is 2.78. The molecule has 0 aromatic heterocycles. The minimum atomic E-state index is -0.736. The van der Waals surface area contributed by atoms with E-state index >= 15 is 0 Å². The molecule has 0 aliphatic heterocycles. The molecule has 0 aliphatic rings. The normalized spacial score (nSPS) is 11.3. The Kier molecular flexibility index (Phi) is 8.77. The van der Waals surface area contributed by atoms with Gasteiger partial charge < -0.3 is 21.1 Å². The Morgan fingerprint density at radius 3 is 2.30 bits per heavy atom. The standard InChI is InChI=1S/C23H27N3O4/c1-3-16-4-8-18(9-5-16)21(24)23(29)26-14-12-17-6-10-19(11-7-17)22(28)25-15-13-20(27)30-2/h3-11,21H,1,12-15,24H2,2H3,(H,25,28)(H,26,29). The lowest BCUT2D eigenvalue weighted by atomic mass is 10.0. The van der Waals surface area contributed by atoms with Crippen LogP contribution in [0.3, 0.4) is 0 Å². The third-order valence-electron chi connectivity index (χ3n) is 4.59. The van der Waals surface area contributed by atoms with Crippen molar-refractivity contribution < 1.29 is 19.1 Å². The Morgan fingerprint density at radius 2 is 1.70 bits per heavy atom. The second-order valence-corrected chi connectivity index (χ2v) is 6.67. The molecule has 0 spiro atoms. The van der Waals surface area contributed by atoms with Crippen LogP contribution in [0.2, 0.25) is 0 Å². The predicted molar refractivity (Wildman–Crippen MR) is 116 cm³/mol. The molecule has 0 bridgehead atoms. The van der Waals surface area contributed by atoms with Crippen LogP contribution in [0.15, 0.2) is 55.1 Å². The van der Waals surface area contributed by atoms with E-state index in [1.807, 2.05) is 36.4 Å². The molecule has 4 N–H and O–H groups in total. The molecular weight excluding hydrogens is 382 g/mol. The van der Waals surface area contributed by atoms with Crippen LogP contribution in [-0.2, 0) is 20.7 Å². The lowest BCUT2D eigenvalue weighted by Crippen LogP contribution is -2.35. The summed E-state index contributed by atoms with van der Waals surface area (Å²) in [6.07, 6.45) is 2.46. The molecule has 7 nitrogen and oxygen atoms in total. The summed E-state index contributed by atoms with van der Waals surface area (Å²) < 4.78 is 4.53. The molecule has 2 rings (SSSR count). The van der Waals surface area contributed by atoms with E-state index in [4.69, 9.17) is 5.73 Å². The molecule has 7 heteroatoms. The Morgan fingerprint density at radius 1 is 1.03 bits per heavy atom. The number of nitrogens with two attached hydrogens (primary N) is 1. The van der Waals surface area contributed by atoms with Crippen molar-refractivity contribution in [3.05, 3.63) is 77.4 Å². The molecule has 1 atom stereocenters. The highest BCUT2D eigenvalue weighted by Crippen LogP contribution is 2.13. The van der Waals surface area contributed by atoms with E-state index in [1.54, 1.807) is 18.2 Å². The maximum atomic E-state index is 12.3. The second-order valence-electron chi connectivity index (χ2n) is 6.67. The lowest BCUT2D eigenvalue weighted by molar-refractivity contribution is -0.140. The van der Waals surface area contributed by atoms with Crippen molar-refractivity contribution in [3.8, 4) is 0 Å². The van der Waals surface area contributed by atoms with Crippen molar-refractivity contribution in [2.45, 2.75) is 18.9 Å². The molecule has 0 saturated carbocycles. The van der Waals surface area contributed by atoms with Crippen LogP contribution in [0, 0.1) is 0 Å². The zero-order valence-corrected chi connectivity index (χ0v) is 17.0. The van der Waals surface area contributed by atoms with Gasteiger partial charge in [-0.1, -0.05) is 49.1 Å². The first-order valence-electron chi connectivity index (χ1n) is 9.64. The largest absolute Gasteiger partial charge is 0.469 e. The molecule has 1 unspecified atom stereocenters. The monoisotopic (exact) mass is 409 g/mol. The van der Waals surface area contributed by atoms with Crippen LogP contribution < -0.4 is 16.4 Å². The summed E-state index contributed by atoms with van der Waals surface area (Å²) in [4.78, 5) is 35.4. The number of ether oxygens (including phenoxy) is 1. The second kappa shape index (κ2) is 11.5. The summed E-state index contributed by atoms with van der Waals surface area (Å²) in [5.74, 6) is -0.878. The van der Waals surface area contributed by atoms with E-state index < -0.39 is 6.04 Å². The fraction of sp³-hybridized carbons (Fsp3) is 0.261. The summed E-state index contributed by atoms with van der Waals surface area (Å²) in [5.41, 5.74) is 9.20. The van der Waals surface area contributed by atoms with Crippen molar-refractivity contribution in [3.63, 3.8) is 0 Å². The van der Waals surface area contributed by atoms with Crippen molar-refractivity contribution in [2.75, 3.05) is 20.2 Å². The first-order chi connectivity index (χ1) is 14.4. The first kappa shape index (κ1) is 22.8. The predicted octanol–water partition coefficient (Wildman–Crippen LogP) is 1.98. The maximum absolute atomic E-state index is 12.3. The molecule has 30 heavy (non-hydrogen) atoms. The quantitative estimate of drug-likeness (QED) is 0.520. The summed E-state index contributed by atoms with van der Waals surface area (Å²) in [6, 6.07) is 13.7. The van der Waals surface area contributed by atoms with Gasteiger partial charge in [-0.05, 0) is 35.2 Å². The van der Waals surface area contributed by atoms with Gasteiger partial charge in [-0.2, -0.15) is 0 Å². The van der Waals surface area contributed by atoms with Gasteiger partial charge >= 0.3 is 5.97 Å². The highest BCUT2D eigenvalue weighted by molar-refractivity contribution is 5.94. The van der Waals surface area contributed by atoms with Gasteiger partial charge in [0.15, 0.2) is 0 Å². The molecule has 0 radical (unpaired) electrons. The highest BCUT2D eigenvalue weighted by Gasteiger charge is 2.15. The van der Waals surface area contributed by atoms with Crippen LogP contribution in [0.25, 0.3) is 6.08 Å². The number of nitrogens with one attached hydrogen (secondary N) is 2. The van der Waals surface area contributed by atoms with Crippen molar-refractivity contribution in [1.82, 2.24) is 10.6 Å². The number of hydrogen-bond donors (Lipinski definition) is 3. The van der Waals surface area contributed by atoms with Crippen LogP contribution >= 0.6 is 0 Å². The van der Waals surface area contributed by atoms with E-state index in [-0.39, 0.29) is 30.7 Å². The van der Waals surface area contributed by atoms with E-state index in [0.29, 0.717) is 18.5 Å². The van der Waals surface area contributed by atoms with Gasteiger partial charge in [-0.15, -0.1) is 0 Å². The van der Waals surface area contributed by atoms with Crippen LogP contribution in [0.4, 0.5) is 0 Å². The van der Waals surface area contributed by atoms with Gasteiger partial charge in [0.1, 0.15) is 6.04 Å². The van der Waals surface area contributed by atoms with Crippen LogP contribution in [0.5, 0.6) is 0 Å². The molecule has 0 aliphatic carbocycles. The van der Waals surface area contributed by atoms with Crippen molar-refractivity contribution >= 4 is 23.9 Å². The number of hydrogen-bond acceptors (Lipinski definition) is 5. The summed E-state index contributed by atoms with van der Waals surface area (Å²) in [7, 11) is 1.30. The number of carbonyl (C=O) groups is 3. The number of rotatable bonds is 10. The topological polar surface area (TPSA) is 111 Å². The highest BCUT2D eigenvalue weighted by atomic mass is 16.5. The van der Waals surface area contributed by atoms with Gasteiger partial charge in [0.2, 0.25) is 5.91 Å². The third-order valence-corrected chi connectivity index (χ3v) is 4.59. The maximum Gasteiger partial charge on any atom is 0.307 e. The molecule has 0 fully saturated rings. The zero-order valence-electron chi connectivity index (χ0n) is 17.0. The minimum absolute atomic E-state index is 0.126. The van der Waals surface area contributed by atoms with E-state index in [1.165, 1.54) is 7.11 Å². The van der Waals surface area contributed by atoms with Gasteiger partial charge in [-0.25, -0.2) is 0 Å². The Balaban J connectivity index is 1.77. The Bertz CT molecular complexity index is 876. The van der Waals surface area contributed by atoms with Gasteiger partial charge in [-0.3, -0.25) is 14.4 Å². The SMILES string of the molecule is C=Cc1ccc(C(N)C(=O)NCCc2ccc(C(=O)NCCC(=O)OC)cc2)cc1.